The van der Waals surface area contributed by atoms with Gasteiger partial charge in [-0.1, -0.05) is 25.1 Å². The third-order valence-electron chi connectivity index (χ3n) is 3.60. The van der Waals surface area contributed by atoms with Gasteiger partial charge in [0.2, 0.25) is 0 Å². The number of rotatable bonds is 5. The molecule has 1 amide bonds. The Kier molecular flexibility index (Phi) is 5.06. The van der Waals surface area contributed by atoms with E-state index in [1.807, 2.05) is 33.8 Å². The maximum atomic E-state index is 13.9. The van der Waals surface area contributed by atoms with Crippen LogP contribution in [0.25, 0.3) is 0 Å². The minimum Gasteiger partial charge on any atom is -0.444 e. The van der Waals surface area contributed by atoms with E-state index in [1.54, 1.807) is 12.1 Å². The normalized spacial score (nSPS) is 22.0. The van der Waals surface area contributed by atoms with Crippen molar-refractivity contribution in [1.82, 2.24) is 10.6 Å². The van der Waals surface area contributed by atoms with Crippen LogP contribution in [0.15, 0.2) is 24.3 Å². The Morgan fingerprint density at radius 3 is 2.64 bits per heavy atom. The van der Waals surface area contributed by atoms with Crippen molar-refractivity contribution in [3.8, 4) is 0 Å². The summed E-state index contributed by atoms with van der Waals surface area (Å²) >= 11 is 0. The third kappa shape index (κ3) is 4.70. The van der Waals surface area contributed by atoms with E-state index in [2.05, 4.69) is 10.6 Å². The molecule has 0 radical (unpaired) electrons. The highest BCUT2D eigenvalue weighted by atomic mass is 19.1. The minimum absolute atomic E-state index is 0.0448. The fourth-order valence-electron chi connectivity index (χ4n) is 2.44. The molecule has 1 aliphatic rings. The van der Waals surface area contributed by atoms with Crippen LogP contribution in [0.2, 0.25) is 0 Å². The Labute approximate surface area is 131 Å². The van der Waals surface area contributed by atoms with Gasteiger partial charge >= 0.3 is 6.09 Å². The number of alkyl carbamates (subject to hydrolysis) is 1. The zero-order valence-corrected chi connectivity index (χ0v) is 13.7. The summed E-state index contributed by atoms with van der Waals surface area (Å²) < 4.78 is 19.1. The number of benzene rings is 1. The van der Waals surface area contributed by atoms with E-state index in [0.29, 0.717) is 5.56 Å². The van der Waals surface area contributed by atoms with Gasteiger partial charge in [0, 0.05) is 23.7 Å². The quantitative estimate of drug-likeness (QED) is 0.875. The Morgan fingerprint density at radius 1 is 1.36 bits per heavy atom. The summed E-state index contributed by atoms with van der Waals surface area (Å²) in [5, 5.41) is 6.24. The number of nitrogens with one attached hydrogen (secondary N) is 2. The number of hydrogen-bond donors (Lipinski definition) is 2. The van der Waals surface area contributed by atoms with Gasteiger partial charge in [-0.25, -0.2) is 9.18 Å². The van der Waals surface area contributed by atoms with Crippen LogP contribution in [-0.2, 0) is 4.74 Å². The smallest absolute Gasteiger partial charge is 0.407 e. The lowest BCUT2D eigenvalue weighted by Crippen LogP contribution is -2.37. The van der Waals surface area contributed by atoms with Crippen molar-refractivity contribution in [2.75, 3.05) is 0 Å². The van der Waals surface area contributed by atoms with Gasteiger partial charge in [0.1, 0.15) is 11.4 Å². The molecule has 0 aliphatic heterocycles. The van der Waals surface area contributed by atoms with E-state index in [4.69, 9.17) is 4.74 Å². The SMILES string of the molecule is CCC(NC1CC1NC(=O)OC(C)(C)C)c1ccccc1F. The maximum absolute atomic E-state index is 13.9. The van der Waals surface area contributed by atoms with Gasteiger partial charge in [-0.05, 0) is 39.7 Å². The minimum atomic E-state index is -0.499. The Balaban J connectivity index is 1.85. The van der Waals surface area contributed by atoms with Gasteiger partial charge < -0.3 is 15.4 Å². The number of halogens is 1. The first-order valence-electron chi connectivity index (χ1n) is 7.80. The molecule has 0 bridgehead atoms. The standard InChI is InChI=1S/C17H25FN2O2/c1-5-13(11-8-6-7-9-12(11)18)19-14-10-15(14)20-16(21)22-17(2,3)4/h6-9,13-15,19H,5,10H2,1-4H3,(H,20,21). The average Bonchev–Trinajstić information content (AvgIpc) is 3.12. The fraction of sp³-hybridized carbons (Fsp3) is 0.588. The van der Waals surface area contributed by atoms with Crippen LogP contribution in [0, 0.1) is 5.82 Å². The van der Waals surface area contributed by atoms with Crippen molar-refractivity contribution in [2.24, 2.45) is 0 Å². The van der Waals surface area contributed by atoms with Crippen LogP contribution >= 0.6 is 0 Å². The monoisotopic (exact) mass is 308 g/mol. The molecule has 5 heteroatoms. The molecule has 3 unspecified atom stereocenters. The largest absolute Gasteiger partial charge is 0.444 e. The lowest BCUT2D eigenvalue weighted by Gasteiger charge is -2.20. The highest BCUT2D eigenvalue weighted by Crippen LogP contribution is 2.28. The van der Waals surface area contributed by atoms with Gasteiger partial charge in [0.05, 0.1) is 0 Å². The molecule has 0 aromatic heterocycles. The molecule has 3 atom stereocenters. The number of hydrogen-bond acceptors (Lipinski definition) is 3. The molecule has 122 valence electrons. The van der Waals surface area contributed by atoms with Gasteiger partial charge in [-0.2, -0.15) is 0 Å². The molecular formula is C17H25FN2O2. The Morgan fingerprint density at radius 2 is 2.05 bits per heavy atom. The second-order valence-corrected chi connectivity index (χ2v) is 6.74. The summed E-state index contributed by atoms with van der Waals surface area (Å²) in [6, 6.07) is 6.98. The molecule has 1 aliphatic carbocycles. The van der Waals surface area contributed by atoms with Crippen molar-refractivity contribution in [3.05, 3.63) is 35.6 Å². The molecule has 1 saturated carbocycles. The zero-order chi connectivity index (χ0) is 16.3. The number of amides is 1. The summed E-state index contributed by atoms with van der Waals surface area (Å²) in [6.07, 6.45) is 1.22. The average molecular weight is 308 g/mol. The first-order valence-corrected chi connectivity index (χ1v) is 7.80. The second kappa shape index (κ2) is 6.65. The highest BCUT2D eigenvalue weighted by Gasteiger charge is 2.40. The summed E-state index contributed by atoms with van der Waals surface area (Å²) in [4.78, 5) is 11.7. The molecule has 0 spiro atoms. The summed E-state index contributed by atoms with van der Waals surface area (Å²) in [6.45, 7) is 7.52. The predicted molar refractivity (Wildman–Crippen MR) is 84.1 cm³/mol. The van der Waals surface area contributed by atoms with Gasteiger partial charge in [-0.15, -0.1) is 0 Å². The van der Waals surface area contributed by atoms with Crippen LogP contribution in [0.5, 0.6) is 0 Å². The third-order valence-corrected chi connectivity index (χ3v) is 3.60. The predicted octanol–water partition coefficient (Wildman–Crippen LogP) is 3.53. The van der Waals surface area contributed by atoms with Crippen LogP contribution in [0.4, 0.5) is 9.18 Å². The van der Waals surface area contributed by atoms with E-state index < -0.39 is 11.7 Å². The van der Waals surface area contributed by atoms with Crippen molar-refractivity contribution in [1.29, 1.82) is 0 Å². The van der Waals surface area contributed by atoms with Crippen molar-refractivity contribution >= 4 is 6.09 Å². The van der Waals surface area contributed by atoms with Crippen molar-refractivity contribution < 1.29 is 13.9 Å². The molecule has 0 heterocycles. The first-order chi connectivity index (χ1) is 10.3. The summed E-state index contributed by atoms with van der Waals surface area (Å²) in [7, 11) is 0. The van der Waals surface area contributed by atoms with E-state index in [0.717, 1.165) is 12.8 Å². The van der Waals surface area contributed by atoms with Crippen LogP contribution < -0.4 is 10.6 Å². The Hall–Kier alpha value is -1.62. The van der Waals surface area contributed by atoms with Crippen LogP contribution in [0.3, 0.4) is 0 Å². The van der Waals surface area contributed by atoms with Gasteiger partial charge in [-0.3, -0.25) is 0 Å². The molecule has 2 rings (SSSR count). The summed E-state index contributed by atoms with van der Waals surface area (Å²) in [5.41, 5.74) is 0.175. The molecule has 1 aromatic carbocycles. The van der Waals surface area contributed by atoms with E-state index in [-0.39, 0.29) is 23.9 Å². The molecule has 1 aromatic rings. The maximum Gasteiger partial charge on any atom is 0.407 e. The first kappa shape index (κ1) is 16.7. The fourth-order valence-corrected chi connectivity index (χ4v) is 2.44. The molecule has 1 fully saturated rings. The van der Waals surface area contributed by atoms with E-state index in [9.17, 15) is 9.18 Å². The van der Waals surface area contributed by atoms with Crippen molar-refractivity contribution in [3.63, 3.8) is 0 Å². The van der Waals surface area contributed by atoms with Gasteiger partial charge in [0.25, 0.3) is 0 Å². The number of ether oxygens (including phenoxy) is 1. The zero-order valence-electron chi connectivity index (χ0n) is 13.7. The van der Waals surface area contributed by atoms with Crippen LogP contribution in [-0.4, -0.2) is 23.8 Å². The number of carbonyl (C=O) groups is 1. The Bertz CT molecular complexity index is 528. The molecule has 22 heavy (non-hydrogen) atoms. The molecule has 4 nitrogen and oxygen atoms in total. The lowest BCUT2D eigenvalue weighted by molar-refractivity contribution is 0.0521. The lowest BCUT2D eigenvalue weighted by atomic mass is 10.0. The van der Waals surface area contributed by atoms with Gasteiger partial charge in [0.15, 0.2) is 0 Å². The molecule has 2 N–H and O–H groups in total. The van der Waals surface area contributed by atoms with E-state index >= 15 is 0 Å². The molecular weight excluding hydrogens is 283 g/mol. The molecule has 0 saturated heterocycles. The topological polar surface area (TPSA) is 50.4 Å². The number of carbonyl (C=O) groups excluding carboxylic acids is 1. The summed E-state index contributed by atoms with van der Waals surface area (Å²) in [5.74, 6) is -0.195. The van der Waals surface area contributed by atoms with E-state index in [1.165, 1.54) is 6.07 Å². The highest BCUT2D eigenvalue weighted by molar-refractivity contribution is 5.68. The second-order valence-electron chi connectivity index (χ2n) is 6.74. The van der Waals surface area contributed by atoms with Crippen LogP contribution in [0.1, 0.15) is 52.1 Å². The van der Waals surface area contributed by atoms with Crippen molar-refractivity contribution in [2.45, 2.75) is 64.3 Å².